The second-order valence-corrected chi connectivity index (χ2v) is 9.70. The zero-order valence-electron chi connectivity index (χ0n) is 15.1. The zero-order chi connectivity index (χ0) is 20.8. The Morgan fingerprint density at radius 3 is 2.59 bits per heavy atom. The van der Waals surface area contributed by atoms with Gasteiger partial charge in [-0.15, -0.1) is 0 Å². The lowest BCUT2D eigenvalue weighted by Crippen LogP contribution is -2.33. The molecular weight excluding hydrogens is 438 g/mol. The number of aromatic nitrogens is 1. The molecule has 2 aromatic carbocycles. The van der Waals surface area contributed by atoms with E-state index in [0.29, 0.717) is 23.1 Å². The van der Waals surface area contributed by atoms with E-state index in [1.165, 1.54) is 42.6 Å². The fraction of sp³-hybridized carbons (Fsp3) is 0.250. The normalized spacial score (nSPS) is 17.2. The number of sulfone groups is 1. The van der Waals surface area contributed by atoms with Crippen molar-refractivity contribution < 1.29 is 17.9 Å². The van der Waals surface area contributed by atoms with E-state index in [0.717, 1.165) is 12.8 Å². The van der Waals surface area contributed by atoms with Crippen LogP contribution >= 0.6 is 23.2 Å². The van der Waals surface area contributed by atoms with E-state index in [1.807, 2.05) is 4.90 Å². The third-order valence-corrected chi connectivity index (χ3v) is 7.25. The summed E-state index contributed by atoms with van der Waals surface area (Å²) in [6.07, 6.45) is 2.76. The van der Waals surface area contributed by atoms with E-state index in [9.17, 15) is 17.9 Å². The Labute approximate surface area is 177 Å². The number of aliphatic hydroxyl groups excluding tert-OH is 1. The van der Waals surface area contributed by atoms with Gasteiger partial charge in [0, 0.05) is 34.2 Å². The molecule has 4 rings (SSSR count). The minimum absolute atomic E-state index is 0.0321. The highest BCUT2D eigenvalue weighted by Gasteiger charge is 2.32. The lowest BCUT2D eigenvalue weighted by Gasteiger charge is -2.28. The summed E-state index contributed by atoms with van der Waals surface area (Å²) in [5.41, 5.74) is 0.745. The number of fused-ring (bicyclic) bond motifs is 1. The number of hydrogen-bond donors (Lipinski definition) is 1. The highest BCUT2D eigenvalue weighted by molar-refractivity contribution is 7.91. The molecule has 2 heterocycles. The van der Waals surface area contributed by atoms with Gasteiger partial charge in [0.25, 0.3) is 0 Å². The van der Waals surface area contributed by atoms with Crippen LogP contribution in [0.5, 0.6) is 0 Å². The van der Waals surface area contributed by atoms with Gasteiger partial charge < -0.3 is 10.0 Å². The van der Waals surface area contributed by atoms with Crippen molar-refractivity contribution in [3.05, 3.63) is 58.5 Å². The molecule has 0 spiro atoms. The maximum absolute atomic E-state index is 13.7. The van der Waals surface area contributed by atoms with Crippen molar-refractivity contribution in [1.82, 2.24) is 4.98 Å². The smallest absolute Gasteiger partial charge is 0.210 e. The van der Waals surface area contributed by atoms with Crippen LogP contribution in [0.3, 0.4) is 0 Å². The van der Waals surface area contributed by atoms with E-state index in [4.69, 9.17) is 23.2 Å². The van der Waals surface area contributed by atoms with Gasteiger partial charge in [-0.1, -0.05) is 23.2 Å². The maximum Gasteiger partial charge on any atom is 0.210 e. The van der Waals surface area contributed by atoms with Crippen LogP contribution in [-0.4, -0.2) is 37.7 Å². The number of pyridine rings is 1. The Bertz CT molecular complexity index is 1180. The first-order chi connectivity index (χ1) is 13.8. The number of nitrogens with zero attached hydrogens (tertiary/aromatic N) is 2. The summed E-state index contributed by atoms with van der Waals surface area (Å²) in [5, 5.41) is 10.7. The van der Waals surface area contributed by atoms with Crippen LogP contribution < -0.4 is 4.90 Å². The van der Waals surface area contributed by atoms with Crippen molar-refractivity contribution in [2.45, 2.75) is 28.7 Å². The molecule has 9 heteroatoms. The van der Waals surface area contributed by atoms with Crippen LogP contribution in [0.2, 0.25) is 10.0 Å². The lowest BCUT2D eigenvalue weighted by molar-refractivity contribution is 0.266. The van der Waals surface area contributed by atoms with Crippen molar-refractivity contribution in [3.8, 4) is 0 Å². The van der Waals surface area contributed by atoms with Crippen molar-refractivity contribution in [2.24, 2.45) is 0 Å². The maximum atomic E-state index is 13.7. The first-order valence-corrected chi connectivity index (χ1v) is 11.2. The van der Waals surface area contributed by atoms with Crippen LogP contribution in [0.4, 0.5) is 10.1 Å². The predicted molar refractivity (Wildman–Crippen MR) is 111 cm³/mol. The SMILES string of the molecule is O=S(=O)(c1cc(Cl)cc(Cl)c1)c1cnc2cc(F)ccc2c1N1CCC[C@@H]1CO. The Balaban J connectivity index is 2.01. The molecule has 1 aliphatic rings. The van der Waals surface area contributed by atoms with Crippen molar-refractivity contribution in [3.63, 3.8) is 0 Å². The Morgan fingerprint density at radius 1 is 1.17 bits per heavy atom. The molecular formula is C20H17Cl2FN2O3S. The molecule has 0 amide bonds. The minimum atomic E-state index is -4.03. The average Bonchev–Trinajstić information content (AvgIpc) is 3.14. The fourth-order valence-corrected chi connectivity index (χ4v) is 5.90. The van der Waals surface area contributed by atoms with Gasteiger partial charge in [0.05, 0.1) is 28.7 Å². The summed E-state index contributed by atoms with van der Waals surface area (Å²) in [4.78, 5) is 5.96. The lowest BCUT2D eigenvalue weighted by atomic mass is 10.1. The standard InChI is InChI=1S/C20H17Cl2FN2O3S/c21-12-6-13(22)8-16(7-12)29(27,28)19-10-24-18-9-14(23)3-4-17(18)20(19)25-5-1-2-15(25)11-26/h3-4,6-10,15,26H,1-2,5,11H2/t15-/m1/s1. The van der Waals surface area contributed by atoms with Gasteiger partial charge in [-0.05, 0) is 43.2 Å². The van der Waals surface area contributed by atoms with Crippen molar-refractivity contribution >= 4 is 49.6 Å². The minimum Gasteiger partial charge on any atom is -0.394 e. The number of anilines is 1. The molecule has 1 saturated heterocycles. The van der Waals surface area contributed by atoms with Gasteiger partial charge in [0.1, 0.15) is 10.7 Å². The van der Waals surface area contributed by atoms with Gasteiger partial charge >= 0.3 is 0 Å². The number of aliphatic hydroxyl groups is 1. The first-order valence-electron chi connectivity index (χ1n) is 8.98. The van der Waals surface area contributed by atoms with Crippen LogP contribution in [0.15, 0.2) is 52.4 Å². The van der Waals surface area contributed by atoms with E-state index in [-0.39, 0.29) is 32.5 Å². The number of benzene rings is 2. The zero-order valence-corrected chi connectivity index (χ0v) is 17.5. The third-order valence-electron chi connectivity index (χ3n) is 5.08. The molecule has 0 saturated carbocycles. The molecule has 1 fully saturated rings. The molecule has 1 aliphatic heterocycles. The van der Waals surface area contributed by atoms with Gasteiger partial charge in [-0.2, -0.15) is 0 Å². The Morgan fingerprint density at radius 2 is 1.90 bits per heavy atom. The molecule has 1 N–H and O–H groups in total. The molecule has 0 bridgehead atoms. The second-order valence-electron chi connectivity index (χ2n) is 6.91. The summed E-state index contributed by atoms with van der Waals surface area (Å²) >= 11 is 12.0. The number of rotatable bonds is 4. The average molecular weight is 455 g/mol. The molecule has 0 radical (unpaired) electrons. The largest absolute Gasteiger partial charge is 0.394 e. The van der Waals surface area contributed by atoms with E-state index >= 15 is 0 Å². The molecule has 0 unspecified atom stereocenters. The van der Waals surface area contributed by atoms with Crippen LogP contribution in [-0.2, 0) is 9.84 Å². The fourth-order valence-electron chi connectivity index (χ4n) is 3.76. The van der Waals surface area contributed by atoms with Gasteiger partial charge in [0.2, 0.25) is 9.84 Å². The summed E-state index contributed by atoms with van der Waals surface area (Å²) in [5.74, 6) is -0.465. The monoisotopic (exact) mass is 454 g/mol. The highest BCUT2D eigenvalue weighted by Crippen LogP contribution is 2.40. The van der Waals surface area contributed by atoms with Gasteiger partial charge in [-0.25, -0.2) is 12.8 Å². The summed E-state index contributed by atoms with van der Waals surface area (Å²) in [7, 11) is -4.03. The van der Waals surface area contributed by atoms with Crippen LogP contribution in [0.1, 0.15) is 12.8 Å². The van der Waals surface area contributed by atoms with Gasteiger partial charge in [0.15, 0.2) is 0 Å². The summed E-state index contributed by atoms with van der Waals surface area (Å²) in [6, 6.07) is 7.92. The van der Waals surface area contributed by atoms with Crippen molar-refractivity contribution in [1.29, 1.82) is 0 Å². The predicted octanol–water partition coefficient (Wildman–Crippen LogP) is 4.47. The quantitative estimate of drug-likeness (QED) is 0.629. The topological polar surface area (TPSA) is 70.5 Å². The Kier molecular flexibility index (Phi) is 5.42. The third kappa shape index (κ3) is 3.68. The van der Waals surface area contributed by atoms with E-state index < -0.39 is 15.7 Å². The summed E-state index contributed by atoms with van der Waals surface area (Å²) in [6.45, 7) is 0.452. The Hall–Kier alpha value is -1.93. The van der Waals surface area contributed by atoms with E-state index in [1.54, 1.807) is 0 Å². The molecule has 1 aromatic heterocycles. The molecule has 1 atom stereocenters. The molecule has 0 aliphatic carbocycles. The van der Waals surface area contributed by atoms with Gasteiger partial charge in [-0.3, -0.25) is 4.98 Å². The van der Waals surface area contributed by atoms with Crippen LogP contribution in [0.25, 0.3) is 10.9 Å². The second kappa shape index (κ2) is 7.72. The number of hydrogen-bond acceptors (Lipinski definition) is 5. The number of halogens is 3. The van der Waals surface area contributed by atoms with E-state index in [2.05, 4.69) is 4.98 Å². The molecule has 3 aromatic rings. The molecule has 152 valence electrons. The summed E-state index contributed by atoms with van der Waals surface area (Å²) < 4.78 is 40.7. The molecule has 29 heavy (non-hydrogen) atoms. The highest BCUT2D eigenvalue weighted by atomic mass is 35.5. The van der Waals surface area contributed by atoms with Crippen molar-refractivity contribution in [2.75, 3.05) is 18.1 Å². The van der Waals surface area contributed by atoms with Crippen LogP contribution in [0, 0.1) is 5.82 Å². The first kappa shape index (κ1) is 20.3. The molecule has 5 nitrogen and oxygen atoms in total.